The van der Waals surface area contributed by atoms with Gasteiger partial charge in [0.15, 0.2) is 5.69 Å². The average molecular weight is 289 g/mol. The molecule has 1 heterocycles. The Morgan fingerprint density at radius 2 is 2.10 bits per heavy atom. The maximum absolute atomic E-state index is 12.6. The number of amides is 1. The van der Waals surface area contributed by atoms with E-state index in [-0.39, 0.29) is 30.3 Å². The predicted octanol–water partition coefficient (Wildman–Crippen LogP) is 1.23. The van der Waals surface area contributed by atoms with Crippen LogP contribution in [0.2, 0.25) is 0 Å². The molecule has 1 aliphatic carbocycles. The lowest BCUT2D eigenvalue weighted by Gasteiger charge is -2.11. The van der Waals surface area contributed by atoms with Crippen LogP contribution in [0.1, 0.15) is 18.5 Å². The molecule has 0 unspecified atom stereocenters. The number of alkyl halides is 3. The quantitative estimate of drug-likeness (QED) is 0.760. The van der Waals surface area contributed by atoms with Crippen LogP contribution < -0.4 is 16.0 Å². The largest absolute Gasteiger partial charge is 0.433 e. The van der Waals surface area contributed by atoms with E-state index >= 15 is 0 Å². The Balaban J connectivity index is 2.03. The molecule has 1 aromatic heterocycles. The second kappa shape index (κ2) is 5.51. The third-order valence-corrected chi connectivity index (χ3v) is 2.61. The van der Waals surface area contributed by atoms with Gasteiger partial charge in [-0.15, -0.1) is 0 Å². The summed E-state index contributed by atoms with van der Waals surface area (Å²) in [5.74, 6) is -0.488. The number of anilines is 2. The lowest BCUT2D eigenvalue weighted by atomic mass is 10.3. The molecule has 0 radical (unpaired) electrons. The third-order valence-electron chi connectivity index (χ3n) is 2.61. The molecule has 20 heavy (non-hydrogen) atoms. The van der Waals surface area contributed by atoms with Gasteiger partial charge in [-0.3, -0.25) is 4.79 Å². The van der Waals surface area contributed by atoms with Crippen LogP contribution >= 0.6 is 0 Å². The van der Waals surface area contributed by atoms with Gasteiger partial charge in [0.05, 0.1) is 6.54 Å². The molecule has 0 aromatic carbocycles. The molecule has 1 aliphatic rings. The fourth-order valence-electron chi connectivity index (χ4n) is 1.47. The van der Waals surface area contributed by atoms with E-state index < -0.39 is 11.9 Å². The van der Waals surface area contributed by atoms with Gasteiger partial charge >= 0.3 is 6.18 Å². The van der Waals surface area contributed by atoms with Crippen molar-refractivity contribution in [1.29, 1.82) is 0 Å². The monoisotopic (exact) mass is 289 g/mol. The van der Waals surface area contributed by atoms with Crippen LogP contribution in [0.4, 0.5) is 24.9 Å². The summed E-state index contributed by atoms with van der Waals surface area (Å²) in [5.41, 5.74) is -1.07. The molecule has 9 heteroatoms. The highest BCUT2D eigenvalue weighted by Crippen LogP contribution is 2.29. The zero-order chi connectivity index (χ0) is 14.8. The first kappa shape index (κ1) is 14.4. The molecule has 1 aromatic rings. The number of carbonyl (C=O) groups excluding carboxylic acids is 1. The summed E-state index contributed by atoms with van der Waals surface area (Å²) in [6.07, 6.45) is -2.68. The number of nitrogens with zero attached hydrogens (tertiary/aromatic N) is 2. The SMILES string of the molecule is CNc1nc(NCC(=O)NC2CC2)cc(C(F)(F)F)n1. The van der Waals surface area contributed by atoms with E-state index in [0.717, 1.165) is 18.9 Å². The smallest absolute Gasteiger partial charge is 0.361 e. The minimum atomic E-state index is -4.57. The van der Waals surface area contributed by atoms with Crippen molar-refractivity contribution in [2.24, 2.45) is 0 Å². The number of carbonyl (C=O) groups is 1. The highest BCUT2D eigenvalue weighted by molar-refractivity contribution is 5.81. The summed E-state index contributed by atoms with van der Waals surface area (Å²) in [7, 11) is 1.42. The molecule has 6 nitrogen and oxygen atoms in total. The van der Waals surface area contributed by atoms with Crippen molar-refractivity contribution in [1.82, 2.24) is 15.3 Å². The molecule has 1 saturated carbocycles. The van der Waals surface area contributed by atoms with Crippen molar-refractivity contribution in [2.45, 2.75) is 25.1 Å². The van der Waals surface area contributed by atoms with Gasteiger partial charge in [-0.2, -0.15) is 18.2 Å². The van der Waals surface area contributed by atoms with E-state index in [1.165, 1.54) is 7.05 Å². The van der Waals surface area contributed by atoms with Crippen molar-refractivity contribution in [3.05, 3.63) is 11.8 Å². The number of aromatic nitrogens is 2. The number of halogens is 3. The summed E-state index contributed by atoms with van der Waals surface area (Å²) >= 11 is 0. The van der Waals surface area contributed by atoms with Crippen molar-refractivity contribution in [3.63, 3.8) is 0 Å². The van der Waals surface area contributed by atoms with E-state index in [0.29, 0.717) is 0 Å². The van der Waals surface area contributed by atoms with Gasteiger partial charge in [0.25, 0.3) is 0 Å². The number of nitrogens with one attached hydrogen (secondary N) is 3. The maximum Gasteiger partial charge on any atom is 0.433 e. The Labute approximate surface area is 113 Å². The molecular weight excluding hydrogens is 275 g/mol. The van der Waals surface area contributed by atoms with Crippen LogP contribution in [0.25, 0.3) is 0 Å². The molecule has 110 valence electrons. The van der Waals surface area contributed by atoms with Crippen molar-refractivity contribution < 1.29 is 18.0 Å². The van der Waals surface area contributed by atoms with Gasteiger partial charge in [-0.1, -0.05) is 0 Å². The van der Waals surface area contributed by atoms with Gasteiger partial charge in [-0.05, 0) is 12.8 Å². The number of rotatable bonds is 5. The van der Waals surface area contributed by atoms with Crippen LogP contribution in [-0.4, -0.2) is 35.5 Å². The Morgan fingerprint density at radius 3 is 2.65 bits per heavy atom. The molecule has 0 atom stereocenters. The first-order chi connectivity index (χ1) is 9.38. The second-order valence-corrected chi connectivity index (χ2v) is 4.41. The average Bonchev–Trinajstić information content (AvgIpc) is 3.19. The molecule has 0 spiro atoms. The molecule has 1 amide bonds. The predicted molar refractivity (Wildman–Crippen MR) is 66.2 cm³/mol. The zero-order valence-electron chi connectivity index (χ0n) is 10.7. The lowest BCUT2D eigenvalue weighted by molar-refractivity contribution is -0.141. The van der Waals surface area contributed by atoms with E-state index in [2.05, 4.69) is 25.9 Å². The van der Waals surface area contributed by atoms with Crippen molar-refractivity contribution in [2.75, 3.05) is 24.2 Å². The third kappa shape index (κ3) is 3.97. The Morgan fingerprint density at radius 1 is 1.40 bits per heavy atom. The number of hydrogen-bond donors (Lipinski definition) is 3. The Bertz CT molecular complexity index is 501. The van der Waals surface area contributed by atoms with E-state index in [9.17, 15) is 18.0 Å². The van der Waals surface area contributed by atoms with Crippen LogP contribution in [0.15, 0.2) is 6.07 Å². The van der Waals surface area contributed by atoms with Crippen LogP contribution in [-0.2, 0) is 11.0 Å². The molecule has 3 N–H and O–H groups in total. The van der Waals surface area contributed by atoms with Gasteiger partial charge in [0, 0.05) is 19.2 Å². The summed E-state index contributed by atoms with van der Waals surface area (Å²) < 4.78 is 37.9. The van der Waals surface area contributed by atoms with E-state index in [1.54, 1.807) is 0 Å². The standard InChI is InChI=1S/C11H14F3N5O/c1-15-10-18-7(11(12,13)14)4-8(19-10)16-5-9(20)17-6-2-3-6/h4,6H,2-3,5H2,1H3,(H,17,20)(H2,15,16,18,19). The molecule has 2 rings (SSSR count). The van der Waals surface area contributed by atoms with E-state index in [1.807, 2.05) is 0 Å². The molecule has 1 fully saturated rings. The minimum Gasteiger partial charge on any atom is -0.361 e. The summed E-state index contributed by atoms with van der Waals surface area (Å²) in [6, 6.07) is 0.971. The maximum atomic E-state index is 12.6. The van der Waals surface area contributed by atoms with Crippen LogP contribution in [0.5, 0.6) is 0 Å². The minimum absolute atomic E-state index is 0.0531. The van der Waals surface area contributed by atoms with Crippen LogP contribution in [0.3, 0.4) is 0 Å². The fourth-order valence-corrected chi connectivity index (χ4v) is 1.47. The van der Waals surface area contributed by atoms with Gasteiger partial charge < -0.3 is 16.0 Å². The normalized spacial score (nSPS) is 14.8. The summed E-state index contributed by atoms with van der Waals surface area (Å²) in [5, 5.41) is 7.72. The topological polar surface area (TPSA) is 78.9 Å². The molecule has 0 bridgehead atoms. The van der Waals surface area contributed by atoms with Crippen molar-refractivity contribution in [3.8, 4) is 0 Å². The summed E-state index contributed by atoms with van der Waals surface area (Å²) in [6.45, 7) is -0.131. The van der Waals surface area contributed by atoms with E-state index in [4.69, 9.17) is 0 Å². The van der Waals surface area contributed by atoms with Gasteiger partial charge in [0.2, 0.25) is 11.9 Å². The van der Waals surface area contributed by atoms with Crippen molar-refractivity contribution >= 4 is 17.7 Å². The van der Waals surface area contributed by atoms with Gasteiger partial charge in [-0.25, -0.2) is 4.98 Å². The first-order valence-corrected chi connectivity index (χ1v) is 6.06. The fraction of sp³-hybridized carbons (Fsp3) is 0.545. The Kier molecular flexibility index (Phi) is 3.96. The first-order valence-electron chi connectivity index (χ1n) is 6.06. The molecular formula is C11H14F3N5O. The second-order valence-electron chi connectivity index (χ2n) is 4.41. The van der Waals surface area contributed by atoms with Crippen LogP contribution in [0, 0.1) is 0 Å². The summed E-state index contributed by atoms with van der Waals surface area (Å²) in [4.78, 5) is 18.6. The zero-order valence-corrected chi connectivity index (χ0v) is 10.7. The molecule has 0 saturated heterocycles. The Hall–Kier alpha value is -2.06. The number of hydrogen-bond acceptors (Lipinski definition) is 5. The molecule has 0 aliphatic heterocycles. The van der Waals surface area contributed by atoms with Gasteiger partial charge in [0.1, 0.15) is 5.82 Å². The highest BCUT2D eigenvalue weighted by atomic mass is 19.4. The highest BCUT2D eigenvalue weighted by Gasteiger charge is 2.33. The lowest BCUT2D eigenvalue weighted by Crippen LogP contribution is -2.31.